The molecule has 1 fully saturated rings. The van der Waals surface area contributed by atoms with E-state index >= 15 is 0 Å². The van der Waals surface area contributed by atoms with E-state index in [1.807, 2.05) is 18.2 Å². The number of fused-ring (bicyclic) bond motifs is 2. The summed E-state index contributed by atoms with van der Waals surface area (Å²) in [5, 5.41) is 73.0. The van der Waals surface area contributed by atoms with Crippen molar-refractivity contribution in [1.82, 2.24) is 0 Å². The number of carbonyl (C=O) groups is 3. The minimum atomic E-state index is -1.76. The number of hydrogen-bond acceptors (Lipinski definition) is 13. The van der Waals surface area contributed by atoms with E-state index < -0.39 is 60.6 Å². The van der Waals surface area contributed by atoms with E-state index in [2.05, 4.69) is 0 Å². The summed E-state index contributed by atoms with van der Waals surface area (Å²) in [6, 6.07) is 16.7. The maximum atomic E-state index is 14.7. The molecule has 0 unspecified atom stereocenters. The second-order valence-corrected chi connectivity index (χ2v) is 13.6. The number of phenolic OH excluding ortho intramolecular Hbond substituents is 1. The van der Waals surface area contributed by atoms with Gasteiger partial charge < -0.3 is 50.0 Å². The lowest BCUT2D eigenvalue weighted by Crippen LogP contribution is -2.58. The van der Waals surface area contributed by atoms with Crippen LogP contribution in [-0.4, -0.2) is 90.6 Å². The van der Waals surface area contributed by atoms with E-state index in [1.165, 1.54) is 25.1 Å². The molecule has 1 saturated heterocycles. The van der Waals surface area contributed by atoms with Gasteiger partial charge in [-0.25, -0.2) is 0 Å². The fraction of sp³-hybridized carbons (Fsp3) is 0.310. The minimum absolute atomic E-state index is 0.00536. The number of aliphatic hydroxyl groups is 6. The fourth-order valence-electron chi connectivity index (χ4n) is 6.97. The lowest BCUT2D eigenvalue weighted by molar-refractivity contribution is -0.268. The van der Waals surface area contributed by atoms with Gasteiger partial charge in [0.15, 0.2) is 11.6 Å². The Morgan fingerprint density at radius 1 is 0.800 bits per heavy atom. The number of benzene rings is 4. The molecule has 1 aliphatic heterocycles. The van der Waals surface area contributed by atoms with E-state index in [1.54, 1.807) is 36.4 Å². The summed E-state index contributed by atoms with van der Waals surface area (Å²) in [5.41, 5.74) is 1.71. The molecular weight excluding hydrogens is 712 g/mol. The van der Waals surface area contributed by atoms with Gasteiger partial charge in [0, 0.05) is 47.8 Å². The molecule has 5 atom stereocenters. The standard InChI is InChI=1S/C42H42O13/c1-21-36(47)40(51)41(52)42(53-21)55-32-18-30-35(37(48)29(32)16-25-8-4-9-26(15-25)19-44)39(50)33-27(20-45)17-31(54-22(2)46)28(34(33)38(30)49)12-11-24-7-3-6-23(14-24)10-5-13-43/h3-4,6-9,11-12,14-15,17-18,21,36,40-45,47-48,51-52H,5,10,13,16,19-20H2,1-2H3/t21-,36-,40-,41-,42-/m1/s1. The molecule has 0 bridgehead atoms. The zero-order valence-corrected chi connectivity index (χ0v) is 30.1. The molecule has 4 aromatic rings. The maximum Gasteiger partial charge on any atom is 0.308 e. The average molecular weight is 755 g/mol. The second-order valence-electron chi connectivity index (χ2n) is 13.6. The predicted octanol–water partition coefficient (Wildman–Crippen LogP) is 2.97. The summed E-state index contributed by atoms with van der Waals surface area (Å²) in [7, 11) is 0. The van der Waals surface area contributed by atoms with Crippen molar-refractivity contribution in [2.45, 2.75) is 77.0 Å². The van der Waals surface area contributed by atoms with Gasteiger partial charge >= 0.3 is 5.97 Å². The average Bonchev–Trinajstić information content (AvgIpc) is 3.17. The van der Waals surface area contributed by atoms with Crippen LogP contribution in [0.25, 0.3) is 12.2 Å². The molecular formula is C42H42O13. The summed E-state index contributed by atoms with van der Waals surface area (Å²) in [6.07, 6.45) is -3.19. The lowest BCUT2D eigenvalue weighted by atomic mass is 9.77. The third kappa shape index (κ3) is 7.95. The van der Waals surface area contributed by atoms with Crippen molar-refractivity contribution >= 4 is 29.7 Å². The first-order valence-corrected chi connectivity index (χ1v) is 17.8. The quantitative estimate of drug-likeness (QED) is 0.0554. The van der Waals surface area contributed by atoms with Crippen LogP contribution in [0.2, 0.25) is 0 Å². The van der Waals surface area contributed by atoms with E-state index in [4.69, 9.17) is 14.2 Å². The lowest BCUT2D eigenvalue weighted by Gasteiger charge is -2.39. The highest BCUT2D eigenvalue weighted by Crippen LogP contribution is 2.45. The van der Waals surface area contributed by atoms with Gasteiger partial charge in [-0.15, -0.1) is 0 Å². The number of aryl methyl sites for hydroxylation is 1. The molecule has 0 aromatic heterocycles. The monoisotopic (exact) mass is 754 g/mol. The first-order chi connectivity index (χ1) is 26.4. The summed E-state index contributed by atoms with van der Waals surface area (Å²) < 4.78 is 17.3. The molecule has 13 heteroatoms. The molecule has 0 radical (unpaired) electrons. The van der Waals surface area contributed by atoms with Crippen LogP contribution in [-0.2, 0) is 35.6 Å². The highest BCUT2D eigenvalue weighted by molar-refractivity contribution is 6.31. The number of ether oxygens (including phenoxy) is 3. The molecule has 0 saturated carbocycles. The summed E-state index contributed by atoms with van der Waals surface area (Å²) in [6.45, 7) is 1.64. The van der Waals surface area contributed by atoms with Gasteiger partial charge in [-0.05, 0) is 65.8 Å². The van der Waals surface area contributed by atoms with Crippen LogP contribution in [0.1, 0.15) is 91.1 Å². The number of carbonyl (C=O) groups excluding carboxylic acids is 3. The second kappa shape index (κ2) is 16.6. The number of hydrogen-bond donors (Lipinski definition) is 7. The van der Waals surface area contributed by atoms with Crippen molar-refractivity contribution in [3.8, 4) is 17.2 Å². The Balaban J connectivity index is 1.54. The Hall–Kier alpha value is -5.25. The highest BCUT2D eigenvalue weighted by Gasteiger charge is 2.44. The molecule has 0 amide bonds. The number of rotatable bonds is 12. The SMILES string of the molecule is CC(=O)Oc1cc(CO)c2c(c1C=Cc1cccc(CCCO)c1)C(=O)c1cc(O[C@H]3O[C@H](C)[C@@H](O)[C@@H](O)[C@H]3O)c(Cc3cccc(CO)c3)c(O)c1C2=O. The number of phenols is 1. The smallest absolute Gasteiger partial charge is 0.308 e. The normalized spacial score (nSPS) is 20.7. The first kappa shape index (κ1) is 39.4. The molecule has 6 rings (SSSR count). The van der Waals surface area contributed by atoms with Crippen LogP contribution in [0.15, 0.2) is 60.7 Å². The van der Waals surface area contributed by atoms with Crippen molar-refractivity contribution in [2.75, 3.05) is 6.61 Å². The molecule has 7 N–H and O–H groups in total. The van der Waals surface area contributed by atoms with Crippen LogP contribution < -0.4 is 9.47 Å². The third-order valence-electron chi connectivity index (χ3n) is 9.75. The van der Waals surface area contributed by atoms with Crippen molar-refractivity contribution in [1.29, 1.82) is 0 Å². The molecule has 1 heterocycles. The Morgan fingerprint density at radius 2 is 1.53 bits per heavy atom. The molecule has 1 aliphatic carbocycles. The fourth-order valence-corrected chi connectivity index (χ4v) is 6.97. The number of aliphatic hydroxyl groups excluding tert-OH is 6. The van der Waals surface area contributed by atoms with Crippen LogP contribution in [0, 0.1) is 0 Å². The third-order valence-corrected chi connectivity index (χ3v) is 9.75. The van der Waals surface area contributed by atoms with Crippen LogP contribution >= 0.6 is 0 Å². The van der Waals surface area contributed by atoms with Crippen molar-refractivity contribution in [3.05, 3.63) is 122 Å². The zero-order valence-electron chi connectivity index (χ0n) is 30.1. The van der Waals surface area contributed by atoms with Gasteiger partial charge in [0.25, 0.3) is 0 Å². The van der Waals surface area contributed by atoms with E-state index in [0.29, 0.717) is 29.5 Å². The summed E-state index contributed by atoms with van der Waals surface area (Å²) in [4.78, 5) is 41.6. The van der Waals surface area contributed by atoms with E-state index in [9.17, 15) is 50.1 Å². The number of aromatic hydroxyl groups is 1. The van der Waals surface area contributed by atoms with E-state index in [-0.39, 0.29) is 70.1 Å². The van der Waals surface area contributed by atoms with Crippen molar-refractivity contribution < 1.29 is 64.3 Å². The minimum Gasteiger partial charge on any atom is -0.507 e. The van der Waals surface area contributed by atoms with Gasteiger partial charge in [-0.3, -0.25) is 14.4 Å². The molecule has 13 nitrogen and oxygen atoms in total. The Morgan fingerprint density at radius 3 is 2.24 bits per heavy atom. The Kier molecular flexibility index (Phi) is 11.9. The van der Waals surface area contributed by atoms with E-state index in [0.717, 1.165) is 12.5 Å². The molecule has 2 aliphatic rings. The Bertz CT molecular complexity index is 2160. The summed E-state index contributed by atoms with van der Waals surface area (Å²) >= 11 is 0. The molecule has 4 aromatic carbocycles. The summed E-state index contributed by atoms with van der Waals surface area (Å²) in [5.74, 6) is -3.24. The van der Waals surface area contributed by atoms with Gasteiger partial charge in [0.1, 0.15) is 35.6 Å². The van der Waals surface area contributed by atoms with Gasteiger partial charge in [-0.1, -0.05) is 54.6 Å². The maximum absolute atomic E-state index is 14.7. The molecule has 288 valence electrons. The molecule has 55 heavy (non-hydrogen) atoms. The van der Waals surface area contributed by atoms with Crippen LogP contribution in [0.3, 0.4) is 0 Å². The van der Waals surface area contributed by atoms with Crippen molar-refractivity contribution in [3.63, 3.8) is 0 Å². The Labute approximate surface area is 316 Å². The largest absolute Gasteiger partial charge is 0.507 e. The van der Waals surface area contributed by atoms with Gasteiger partial charge in [-0.2, -0.15) is 0 Å². The molecule has 0 spiro atoms. The first-order valence-electron chi connectivity index (χ1n) is 17.8. The number of ketones is 2. The topological polar surface area (TPSA) is 221 Å². The zero-order chi connectivity index (χ0) is 39.6. The highest BCUT2D eigenvalue weighted by atomic mass is 16.7. The predicted molar refractivity (Wildman–Crippen MR) is 198 cm³/mol. The van der Waals surface area contributed by atoms with Gasteiger partial charge in [0.2, 0.25) is 6.29 Å². The van der Waals surface area contributed by atoms with Crippen LogP contribution in [0.5, 0.6) is 17.2 Å². The van der Waals surface area contributed by atoms with Gasteiger partial charge in [0.05, 0.1) is 24.9 Å². The van der Waals surface area contributed by atoms with Crippen molar-refractivity contribution in [2.24, 2.45) is 0 Å². The number of esters is 1. The van der Waals surface area contributed by atoms with Crippen LogP contribution in [0.4, 0.5) is 0 Å².